The number of rotatable bonds is 9. The average Bonchev–Trinajstić information content (AvgIpc) is 2.49. The van der Waals surface area contributed by atoms with Gasteiger partial charge in [0.15, 0.2) is 0 Å². The number of carboxylic acids is 1. The third kappa shape index (κ3) is 6.32. The van der Waals surface area contributed by atoms with Gasteiger partial charge in [-0.05, 0) is 37.5 Å². The topological polar surface area (TPSA) is 63.6 Å². The van der Waals surface area contributed by atoms with Crippen molar-refractivity contribution < 1.29 is 19.4 Å². The summed E-state index contributed by atoms with van der Waals surface area (Å²) in [6, 6.07) is 0. The van der Waals surface area contributed by atoms with Crippen LogP contribution in [-0.2, 0) is 14.3 Å². The van der Waals surface area contributed by atoms with Crippen molar-refractivity contribution in [3.63, 3.8) is 0 Å². The van der Waals surface area contributed by atoms with Gasteiger partial charge in [0.05, 0.1) is 18.9 Å². The van der Waals surface area contributed by atoms with Crippen LogP contribution in [0.2, 0.25) is 0 Å². The summed E-state index contributed by atoms with van der Waals surface area (Å²) in [5, 5.41) is 9.36. The molecule has 0 bridgehead atoms. The fraction of sp³-hybridized carbons (Fsp3) is 0.765. The second-order valence-corrected chi connectivity index (χ2v) is 6.03. The van der Waals surface area contributed by atoms with Crippen LogP contribution >= 0.6 is 0 Å². The van der Waals surface area contributed by atoms with Crippen molar-refractivity contribution in [2.45, 2.75) is 58.3 Å². The molecule has 1 saturated carbocycles. The second kappa shape index (κ2) is 9.59. The summed E-state index contributed by atoms with van der Waals surface area (Å²) >= 11 is 0. The summed E-state index contributed by atoms with van der Waals surface area (Å²) in [6.45, 7) is 6.10. The Morgan fingerprint density at radius 2 is 2.00 bits per heavy atom. The Morgan fingerprint density at radius 3 is 2.52 bits per heavy atom. The highest BCUT2D eigenvalue weighted by Gasteiger charge is 2.31. The van der Waals surface area contributed by atoms with Crippen molar-refractivity contribution in [1.82, 2.24) is 0 Å². The molecule has 4 heteroatoms. The van der Waals surface area contributed by atoms with E-state index in [1.54, 1.807) is 0 Å². The standard InChI is InChI=1S/C17H28O4/c1-3-8-13(4-2)12-21-16(18)11-15(17(19)20)14-9-6-5-7-10-14/h3,13-15H,1,4-12H2,2H3,(H,19,20)/t13?,15-/m0/s1. The Bertz CT molecular complexity index is 345. The molecule has 0 spiro atoms. The van der Waals surface area contributed by atoms with Gasteiger partial charge in [-0.2, -0.15) is 0 Å². The molecule has 0 heterocycles. The van der Waals surface area contributed by atoms with Gasteiger partial charge in [-0.3, -0.25) is 9.59 Å². The quantitative estimate of drug-likeness (QED) is 0.519. The van der Waals surface area contributed by atoms with Gasteiger partial charge >= 0.3 is 11.9 Å². The molecule has 0 aromatic heterocycles. The molecule has 0 aromatic carbocycles. The molecule has 4 nitrogen and oxygen atoms in total. The van der Waals surface area contributed by atoms with E-state index in [4.69, 9.17) is 4.74 Å². The summed E-state index contributed by atoms with van der Waals surface area (Å²) in [5.74, 6) is -1.42. The third-order valence-corrected chi connectivity index (χ3v) is 4.48. The summed E-state index contributed by atoms with van der Waals surface area (Å²) in [7, 11) is 0. The predicted molar refractivity (Wildman–Crippen MR) is 81.9 cm³/mol. The van der Waals surface area contributed by atoms with E-state index in [0.29, 0.717) is 6.61 Å². The van der Waals surface area contributed by atoms with E-state index in [2.05, 4.69) is 6.58 Å². The highest BCUT2D eigenvalue weighted by Crippen LogP contribution is 2.32. The smallest absolute Gasteiger partial charge is 0.307 e. The third-order valence-electron chi connectivity index (χ3n) is 4.48. The van der Waals surface area contributed by atoms with Gasteiger partial charge in [-0.25, -0.2) is 0 Å². The molecule has 1 rings (SSSR count). The first kappa shape index (κ1) is 17.7. The molecule has 0 aromatic rings. The Labute approximate surface area is 127 Å². The van der Waals surface area contributed by atoms with E-state index < -0.39 is 11.9 Å². The van der Waals surface area contributed by atoms with E-state index in [-0.39, 0.29) is 24.2 Å². The first-order valence-corrected chi connectivity index (χ1v) is 8.07. The lowest BCUT2D eigenvalue weighted by molar-refractivity contribution is -0.154. The second-order valence-electron chi connectivity index (χ2n) is 6.03. The lowest BCUT2D eigenvalue weighted by Crippen LogP contribution is -2.29. The molecule has 0 saturated heterocycles. The van der Waals surface area contributed by atoms with Crippen LogP contribution in [0.25, 0.3) is 0 Å². The maximum Gasteiger partial charge on any atom is 0.307 e. The van der Waals surface area contributed by atoms with E-state index >= 15 is 0 Å². The molecular weight excluding hydrogens is 268 g/mol. The number of ether oxygens (including phenoxy) is 1. The molecule has 2 atom stereocenters. The van der Waals surface area contributed by atoms with Crippen LogP contribution in [0.3, 0.4) is 0 Å². The monoisotopic (exact) mass is 296 g/mol. The Kier molecular flexibility index (Phi) is 8.09. The molecule has 0 radical (unpaired) electrons. The predicted octanol–water partition coefficient (Wildman–Crippen LogP) is 3.80. The van der Waals surface area contributed by atoms with Gasteiger partial charge in [-0.1, -0.05) is 32.3 Å². The molecule has 1 aliphatic rings. The van der Waals surface area contributed by atoms with Crippen molar-refractivity contribution in [1.29, 1.82) is 0 Å². The molecule has 1 N–H and O–H groups in total. The number of hydrogen-bond acceptors (Lipinski definition) is 3. The van der Waals surface area contributed by atoms with Gasteiger partial charge in [0, 0.05) is 0 Å². The van der Waals surface area contributed by atoms with E-state index in [1.807, 2.05) is 13.0 Å². The maximum absolute atomic E-state index is 11.9. The number of esters is 1. The Morgan fingerprint density at radius 1 is 1.33 bits per heavy atom. The molecule has 1 fully saturated rings. The number of hydrogen-bond donors (Lipinski definition) is 1. The number of carboxylic acid groups (broad SMARTS) is 1. The number of carbonyl (C=O) groups is 2. The van der Waals surface area contributed by atoms with Crippen LogP contribution in [0.1, 0.15) is 58.3 Å². The summed E-state index contributed by atoms with van der Waals surface area (Å²) in [5.41, 5.74) is 0. The summed E-state index contributed by atoms with van der Waals surface area (Å²) in [6.07, 6.45) is 8.71. The molecule has 0 amide bonds. The molecule has 1 unspecified atom stereocenters. The van der Waals surface area contributed by atoms with Crippen LogP contribution in [-0.4, -0.2) is 23.7 Å². The zero-order valence-electron chi connectivity index (χ0n) is 13.1. The van der Waals surface area contributed by atoms with Crippen LogP contribution in [0.4, 0.5) is 0 Å². The van der Waals surface area contributed by atoms with Gasteiger partial charge < -0.3 is 9.84 Å². The fourth-order valence-electron chi connectivity index (χ4n) is 3.03. The normalized spacial score (nSPS) is 18.7. The van der Waals surface area contributed by atoms with Crippen LogP contribution in [0.15, 0.2) is 12.7 Å². The number of aliphatic carboxylic acids is 1. The van der Waals surface area contributed by atoms with E-state index in [1.165, 1.54) is 6.42 Å². The van der Waals surface area contributed by atoms with Crippen molar-refractivity contribution >= 4 is 11.9 Å². The van der Waals surface area contributed by atoms with Crippen LogP contribution < -0.4 is 0 Å². The van der Waals surface area contributed by atoms with Crippen molar-refractivity contribution in [2.75, 3.05) is 6.61 Å². The van der Waals surface area contributed by atoms with E-state index in [9.17, 15) is 14.7 Å². The Hall–Kier alpha value is -1.32. The highest BCUT2D eigenvalue weighted by atomic mass is 16.5. The SMILES string of the molecule is C=CCC(CC)COC(=O)C[C@H](C(=O)O)C1CCCCC1. The average molecular weight is 296 g/mol. The Balaban J connectivity index is 2.44. The zero-order chi connectivity index (χ0) is 15.7. The first-order chi connectivity index (χ1) is 10.1. The zero-order valence-corrected chi connectivity index (χ0v) is 13.1. The first-order valence-electron chi connectivity index (χ1n) is 8.07. The molecule has 21 heavy (non-hydrogen) atoms. The summed E-state index contributed by atoms with van der Waals surface area (Å²) < 4.78 is 5.27. The minimum atomic E-state index is -0.864. The van der Waals surface area contributed by atoms with Crippen molar-refractivity contribution in [2.24, 2.45) is 17.8 Å². The lowest BCUT2D eigenvalue weighted by atomic mass is 9.78. The van der Waals surface area contributed by atoms with Gasteiger partial charge in [0.2, 0.25) is 0 Å². The highest BCUT2D eigenvalue weighted by molar-refractivity contribution is 5.79. The van der Waals surface area contributed by atoms with Gasteiger partial charge in [0.1, 0.15) is 0 Å². The number of allylic oxidation sites excluding steroid dienone is 1. The van der Waals surface area contributed by atoms with Crippen molar-refractivity contribution in [3.8, 4) is 0 Å². The van der Waals surface area contributed by atoms with E-state index in [0.717, 1.165) is 38.5 Å². The van der Waals surface area contributed by atoms with Crippen molar-refractivity contribution in [3.05, 3.63) is 12.7 Å². The van der Waals surface area contributed by atoms with Gasteiger partial charge in [0.25, 0.3) is 0 Å². The van der Waals surface area contributed by atoms with Crippen LogP contribution in [0.5, 0.6) is 0 Å². The van der Waals surface area contributed by atoms with Crippen LogP contribution in [0, 0.1) is 17.8 Å². The fourth-order valence-corrected chi connectivity index (χ4v) is 3.03. The maximum atomic E-state index is 11.9. The number of carbonyl (C=O) groups excluding carboxylic acids is 1. The minimum absolute atomic E-state index is 0.00449. The largest absolute Gasteiger partial charge is 0.481 e. The summed E-state index contributed by atoms with van der Waals surface area (Å²) in [4.78, 5) is 23.3. The van der Waals surface area contributed by atoms with Gasteiger partial charge in [-0.15, -0.1) is 6.58 Å². The molecule has 1 aliphatic carbocycles. The molecule has 120 valence electrons. The lowest BCUT2D eigenvalue weighted by Gasteiger charge is -2.27. The minimum Gasteiger partial charge on any atom is -0.481 e. The molecule has 0 aliphatic heterocycles. The molecular formula is C17H28O4.